The highest BCUT2D eigenvalue weighted by atomic mass is 32.2. The van der Waals surface area contributed by atoms with E-state index in [-0.39, 0.29) is 28.1 Å². The predicted octanol–water partition coefficient (Wildman–Crippen LogP) is 4.13. The molecule has 0 heterocycles. The van der Waals surface area contributed by atoms with Crippen LogP contribution in [-0.2, 0) is 10.0 Å². The van der Waals surface area contributed by atoms with Crippen molar-refractivity contribution in [2.24, 2.45) is 5.92 Å². The Labute approximate surface area is 160 Å². The molecule has 0 fully saturated rings. The van der Waals surface area contributed by atoms with Gasteiger partial charge >= 0.3 is 0 Å². The average molecular weight is 392 g/mol. The van der Waals surface area contributed by atoms with Crippen LogP contribution in [0.15, 0.2) is 53.4 Å². The van der Waals surface area contributed by atoms with E-state index in [9.17, 15) is 17.6 Å². The fourth-order valence-corrected chi connectivity index (χ4v) is 3.90. The Morgan fingerprint density at radius 2 is 1.78 bits per heavy atom. The fraction of sp³-hybridized carbons (Fsp3) is 0.350. The lowest BCUT2D eigenvalue weighted by molar-refractivity contribution is 0.0728. The van der Waals surface area contributed by atoms with Gasteiger partial charge in [0.25, 0.3) is 15.9 Å². The van der Waals surface area contributed by atoms with E-state index in [4.69, 9.17) is 0 Å². The van der Waals surface area contributed by atoms with Gasteiger partial charge in [-0.3, -0.25) is 9.52 Å². The molecule has 1 unspecified atom stereocenters. The van der Waals surface area contributed by atoms with Gasteiger partial charge in [-0.05, 0) is 49.6 Å². The maximum atomic E-state index is 13.8. The van der Waals surface area contributed by atoms with Crippen LogP contribution in [0.4, 0.5) is 10.1 Å². The summed E-state index contributed by atoms with van der Waals surface area (Å²) >= 11 is 0. The van der Waals surface area contributed by atoms with E-state index >= 15 is 0 Å². The van der Waals surface area contributed by atoms with Gasteiger partial charge in [-0.1, -0.05) is 32.0 Å². The molecule has 0 saturated heterocycles. The van der Waals surface area contributed by atoms with Gasteiger partial charge in [-0.25, -0.2) is 12.8 Å². The first-order chi connectivity index (χ1) is 12.6. The Kier molecular flexibility index (Phi) is 6.59. The minimum atomic E-state index is -4.02. The Bertz CT molecular complexity index is 913. The molecule has 2 rings (SSSR count). The largest absolute Gasteiger partial charge is 0.339 e. The van der Waals surface area contributed by atoms with Gasteiger partial charge < -0.3 is 4.90 Å². The zero-order valence-electron chi connectivity index (χ0n) is 15.9. The predicted molar refractivity (Wildman–Crippen MR) is 105 cm³/mol. The maximum absolute atomic E-state index is 13.8. The molecule has 1 N–H and O–H groups in total. The number of hydrogen-bond donors (Lipinski definition) is 1. The number of hydrogen-bond acceptors (Lipinski definition) is 3. The summed E-state index contributed by atoms with van der Waals surface area (Å²) < 4.78 is 41.1. The molecule has 0 spiro atoms. The molecule has 0 aromatic heterocycles. The van der Waals surface area contributed by atoms with Crippen molar-refractivity contribution in [2.45, 2.75) is 38.1 Å². The molecule has 1 atom stereocenters. The normalized spacial score (nSPS) is 12.7. The third-order valence-corrected chi connectivity index (χ3v) is 5.67. The number of anilines is 1. The van der Waals surface area contributed by atoms with E-state index in [0.717, 1.165) is 6.42 Å². The Morgan fingerprint density at radius 1 is 1.11 bits per heavy atom. The molecule has 5 nitrogen and oxygen atoms in total. The summed E-state index contributed by atoms with van der Waals surface area (Å²) in [6, 6.07) is 11.3. The van der Waals surface area contributed by atoms with Gasteiger partial charge in [-0.2, -0.15) is 0 Å². The lowest BCUT2D eigenvalue weighted by Crippen LogP contribution is -2.36. The number of benzene rings is 2. The highest BCUT2D eigenvalue weighted by Gasteiger charge is 2.21. The van der Waals surface area contributed by atoms with Crippen molar-refractivity contribution in [1.82, 2.24) is 4.90 Å². The number of carbonyl (C=O) groups excluding carboxylic acids is 1. The molecule has 0 radical (unpaired) electrons. The summed E-state index contributed by atoms with van der Waals surface area (Å²) in [5.74, 6) is -0.492. The second-order valence-corrected chi connectivity index (χ2v) is 8.69. The first-order valence-electron chi connectivity index (χ1n) is 8.76. The van der Waals surface area contributed by atoms with Crippen LogP contribution in [0.2, 0.25) is 0 Å². The molecule has 2 aromatic carbocycles. The van der Waals surface area contributed by atoms with Gasteiger partial charge in [0, 0.05) is 18.7 Å². The lowest BCUT2D eigenvalue weighted by Gasteiger charge is -2.26. The molecule has 0 aliphatic rings. The SMILES string of the molecule is CC(C)CC(C)N(C)C(=O)c1cccc(S(=O)(=O)Nc2ccccc2F)c1. The third-order valence-electron chi connectivity index (χ3n) is 4.30. The molecular formula is C20H25FN2O3S. The van der Waals surface area contributed by atoms with Crippen LogP contribution in [0, 0.1) is 11.7 Å². The second kappa shape index (κ2) is 8.52. The molecule has 0 saturated carbocycles. The van der Waals surface area contributed by atoms with Crippen molar-refractivity contribution in [2.75, 3.05) is 11.8 Å². The first-order valence-corrected chi connectivity index (χ1v) is 10.2. The minimum absolute atomic E-state index is 0.0225. The maximum Gasteiger partial charge on any atom is 0.262 e. The van der Waals surface area contributed by atoms with Gasteiger partial charge in [0.1, 0.15) is 5.82 Å². The van der Waals surface area contributed by atoms with E-state index < -0.39 is 15.8 Å². The van der Waals surface area contributed by atoms with Gasteiger partial charge in [0.2, 0.25) is 0 Å². The number of amides is 1. The molecule has 146 valence electrons. The molecular weight excluding hydrogens is 367 g/mol. The minimum Gasteiger partial charge on any atom is -0.339 e. The Balaban J connectivity index is 2.26. The molecule has 0 aliphatic carbocycles. The zero-order chi connectivity index (χ0) is 20.2. The first kappa shape index (κ1) is 20.9. The lowest BCUT2D eigenvalue weighted by atomic mass is 10.0. The number of nitrogens with one attached hydrogen (secondary N) is 1. The van der Waals surface area contributed by atoms with Crippen molar-refractivity contribution >= 4 is 21.6 Å². The van der Waals surface area contributed by atoms with Gasteiger partial charge in [-0.15, -0.1) is 0 Å². The number of nitrogens with zero attached hydrogens (tertiary/aromatic N) is 1. The second-order valence-electron chi connectivity index (χ2n) is 7.01. The summed E-state index contributed by atoms with van der Waals surface area (Å²) in [5.41, 5.74) is 0.126. The van der Waals surface area contributed by atoms with E-state index in [2.05, 4.69) is 18.6 Å². The summed E-state index contributed by atoms with van der Waals surface area (Å²) in [5, 5.41) is 0. The standard InChI is InChI=1S/C20H25FN2O3S/c1-14(2)12-15(3)23(4)20(24)16-8-7-9-17(13-16)27(25,26)22-19-11-6-5-10-18(19)21/h5-11,13-15,22H,12H2,1-4H3. The Hall–Kier alpha value is -2.41. The van der Waals surface area contributed by atoms with E-state index in [1.54, 1.807) is 18.0 Å². The van der Waals surface area contributed by atoms with Crippen molar-refractivity contribution < 1.29 is 17.6 Å². The van der Waals surface area contributed by atoms with Gasteiger partial charge in [0.15, 0.2) is 0 Å². The molecule has 1 amide bonds. The number of halogens is 1. The van der Waals surface area contributed by atoms with Gasteiger partial charge in [0.05, 0.1) is 10.6 Å². The van der Waals surface area contributed by atoms with Crippen LogP contribution >= 0.6 is 0 Å². The van der Waals surface area contributed by atoms with Crippen molar-refractivity contribution in [1.29, 1.82) is 0 Å². The van der Waals surface area contributed by atoms with E-state index in [1.165, 1.54) is 42.5 Å². The van der Waals surface area contributed by atoms with Crippen molar-refractivity contribution in [3.05, 3.63) is 59.9 Å². The highest BCUT2D eigenvalue weighted by Crippen LogP contribution is 2.21. The van der Waals surface area contributed by atoms with E-state index in [0.29, 0.717) is 5.92 Å². The fourth-order valence-electron chi connectivity index (χ4n) is 2.79. The smallest absolute Gasteiger partial charge is 0.262 e. The van der Waals surface area contributed by atoms with Crippen LogP contribution in [-0.4, -0.2) is 32.3 Å². The third kappa shape index (κ3) is 5.29. The van der Waals surface area contributed by atoms with Crippen LogP contribution in [0.25, 0.3) is 0 Å². The number of rotatable bonds is 7. The average Bonchev–Trinajstić information content (AvgIpc) is 2.62. The van der Waals surface area contributed by atoms with Crippen molar-refractivity contribution in [3.8, 4) is 0 Å². The zero-order valence-corrected chi connectivity index (χ0v) is 16.8. The molecule has 27 heavy (non-hydrogen) atoms. The van der Waals surface area contributed by atoms with Crippen molar-refractivity contribution in [3.63, 3.8) is 0 Å². The summed E-state index contributed by atoms with van der Waals surface area (Å²) in [4.78, 5) is 14.2. The van der Waals surface area contributed by atoms with Crippen LogP contribution in [0.1, 0.15) is 37.6 Å². The monoisotopic (exact) mass is 392 g/mol. The molecule has 0 aliphatic heterocycles. The number of carbonyl (C=O) groups is 1. The van der Waals surface area contributed by atoms with Crippen LogP contribution in [0.3, 0.4) is 0 Å². The van der Waals surface area contributed by atoms with Crippen LogP contribution < -0.4 is 4.72 Å². The molecule has 2 aromatic rings. The summed E-state index contributed by atoms with van der Waals surface area (Å²) in [6.07, 6.45) is 0.842. The number of para-hydroxylation sites is 1. The number of sulfonamides is 1. The Morgan fingerprint density at radius 3 is 2.41 bits per heavy atom. The van der Waals surface area contributed by atoms with E-state index in [1.807, 2.05) is 6.92 Å². The van der Waals surface area contributed by atoms with Crippen LogP contribution in [0.5, 0.6) is 0 Å². The molecule has 0 bridgehead atoms. The topological polar surface area (TPSA) is 66.5 Å². The molecule has 7 heteroatoms. The highest BCUT2D eigenvalue weighted by molar-refractivity contribution is 7.92. The summed E-state index contributed by atoms with van der Waals surface area (Å²) in [7, 11) is -2.32. The summed E-state index contributed by atoms with van der Waals surface area (Å²) in [6.45, 7) is 6.12. The quantitative estimate of drug-likeness (QED) is 0.770.